The number of benzene rings is 3. The Kier molecular flexibility index (Phi) is 6.41. The van der Waals surface area contributed by atoms with Gasteiger partial charge in [-0.2, -0.15) is 0 Å². The maximum atomic E-state index is 14.8. The van der Waals surface area contributed by atoms with E-state index in [0.29, 0.717) is 42.2 Å². The minimum absolute atomic E-state index is 0.0899. The third kappa shape index (κ3) is 5.59. The van der Waals surface area contributed by atoms with Crippen molar-refractivity contribution in [2.45, 2.75) is 63.6 Å². The predicted octanol–water partition coefficient (Wildman–Crippen LogP) is 7.24. The summed E-state index contributed by atoms with van der Waals surface area (Å²) >= 11 is 0. The molecule has 2 aliphatic carbocycles. The van der Waals surface area contributed by atoms with Crippen molar-refractivity contribution in [1.29, 1.82) is 0 Å². The third-order valence-electron chi connectivity index (χ3n) is 6.55. The molecule has 1 N–H and O–H groups in total. The largest absolute Gasteiger partial charge is 0.490 e. The molecule has 0 aromatic heterocycles. The Balaban J connectivity index is 1.28. The molecule has 0 bridgehead atoms. The first-order chi connectivity index (χ1) is 16.8. The summed E-state index contributed by atoms with van der Waals surface area (Å²) < 4.78 is 46.9. The minimum Gasteiger partial charge on any atom is -0.490 e. The average Bonchev–Trinajstić information content (AvgIpc) is 3.57. The highest BCUT2D eigenvalue weighted by atomic mass is 19.1. The Morgan fingerprint density at radius 1 is 0.886 bits per heavy atom. The molecule has 1 atom stereocenters. The molecule has 35 heavy (non-hydrogen) atoms. The molecule has 5 rings (SSSR count). The molecule has 0 saturated heterocycles. The fourth-order valence-corrected chi connectivity index (χ4v) is 4.45. The Morgan fingerprint density at radius 2 is 1.60 bits per heavy atom. The van der Waals surface area contributed by atoms with Crippen molar-refractivity contribution in [3.05, 3.63) is 82.9 Å². The molecule has 1 unspecified atom stereocenters. The van der Waals surface area contributed by atoms with Crippen LogP contribution in [0.25, 0.3) is 0 Å². The van der Waals surface area contributed by atoms with Crippen LogP contribution in [0, 0.1) is 11.6 Å². The molecule has 1 saturated carbocycles. The van der Waals surface area contributed by atoms with E-state index in [1.165, 1.54) is 36.6 Å². The number of hydrogen-bond acceptors (Lipinski definition) is 4. The molecule has 0 amide bonds. The molecule has 2 aliphatic rings. The van der Waals surface area contributed by atoms with Crippen LogP contribution in [0.5, 0.6) is 23.0 Å². The van der Waals surface area contributed by atoms with Gasteiger partial charge in [-0.3, -0.25) is 0 Å². The predicted molar refractivity (Wildman–Crippen MR) is 129 cm³/mol. The van der Waals surface area contributed by atoms with Crippen LogP contribution >= 0.6 is 0 Å². The zero-order chi connectivity index (χ0) is 24.6. The van der Waals surface area contributed by atoms with E-state index in [1.807, 2.05) is 12.1 Å². The van der Waals surface area contributed by atoms with Gasteiger partial charge in [0.25, 0.3) is 0 Å². The van der Waals surface area contributed by atoms with Crippen LogP contribution in [-0.4, -0.2) is 17.3 Å². The second-order valence-electron chi connectivity index (χ2n) is 10.0. The van der Waals surface area contributed by atoms with Gasteiger partial charge >= 0.3 is 0 Å². The number of ether oxygens (including phenoxy) is 3. The number of rotatable bonds is 9. The van der Waals surface area contributed by atoms with Gasteiger partial charge in [-0.05, 0) is 87.4 Å². The number of aliphatic hydroxyl groups is 1. The Hall–Kier alpha value is -3.12. The van der Waals surface area contributed by atoms with E-state index in [2.05, 4.69) is 12.1 Å². The van der Waals surface area contributed by atoms with Gasteiger partial charge < -0.3 is 19.3 Å². The summed E-state index contributed by atoms with van der Waals surface area (Å²) in [5.74, 6) is 1.38. The minimum atomic E-state index is -0.885. The number of fused-ring (bicyclic) bond motifs is 1. The standard InChI is InChI=1S/C29H30F2O4/c1-29(2,32)15-16-33-26-12-9-21(17-24(26)31)35-25-14-11-23(30)28-22(25)10-13-27(28)34-20-7-5-19(6-8-20)18-3-4-18/h5-9,11-12,14,17-18,27,32H,3-4,10,13,15-16H2,1-2H3. The Bertz CT molecular complexity index is 1200. The highest BCUT2D eigenvalue weighted by Gasteiger charge is 2.31. The quantitative estimate of drug-likeness (QED) is 0.351. The third-order valence-corrected chi connectivity index (χ3v) is 6.55. The van der Waals surface area contributed by atoms with Crippen molar-refractivity contribution >= 4 is 0 Å². The van der Waals surface area contributed by atoms with Gasteiger partial charge in [0.2, 0.25) is 0 Å². The zero-order valence-electron chi connectivity index (χ0n) is 20.0. The molecule has 184 valence electrons. The van der Waals surface area contributed by atoms with Gasteiger partial charge in [0.05, 0.1) is 12.2 Å². The lowest BCUT2D eigenvalue weighted by Gasteiger charge is -2.18. The van der Waals surface area contributed by atoms with E-state index in [4.69, 9.17) is 14.2 Å². The molecule has 0 heterocycles. The normalized spacial score (nSPS) is 17.2. The van der Waals surface area contributed by atoms with E-state index in [9.17, 15) is 13.9 Å². The summed E-state index contributed by atoms with van der Waals surface area (Å²) in [5, 5.41) is 9.77. The second kappa shape index (κ2) is 9.50. The van der Waals surface area contributed by atoms with Crippen molar-refractivity contribution < 1.29 is 28.1 Å². The van der Waals surface area contributed by atoms with E-state index >= 15 is 0 Å². The van der Waals surface area contributed by atoms with Crippen LogP contribution in [-0.2, 0) is 6.42 Å². The van der Waals surface area contributed by atoms with Crippen molar-refractivity contribution in [1.82, 2.24) is 0 Å². The first kappa shape index (κ1) is 23.6. The summed E-state index contributed by atoms with van der Waals surface area (Å²) in [5.41, 5.74) is 1.69. The Morgan fingerprint density at radius 3 is 2.29 bits per heavy atom. The van der Waals surface area contributed by atoms with Crippen LogP contribution in [0.3, 0.4) is 0 Å². The van der Waals surface area contributed by atoms with E-state index in [0.717, 1.165) is 11.3 Å². The zero-order valence-corrected chi connectivity index (χ0v) is 20.0. The van der Waals surface area contributed by atoms with Crippen molar-refractivity contribution in [2.75, 3.05) is 6.61 Å². The molecule has 0 spiro atoms. The van der Waals surface area contributed by atoms with E-state index in [1.54, 1.807) is 26.0 Å². The van der Waals surface area contributed by atoms with Crippen LogP contribution < -0.4 is 14.2 Å². The molecule has 6 heteroatoms. The summed E-state index contributed by atoms with van der Waals surface area (Å²) in [6.07, 6.45) is 3.70. The first-order valence-corrected chi connectivity index (χ1v) is 12.2. The lowest BCUT2D eigenvalue weighted by Crippen LogP contribution is -2.21. The number of hydrogen-bond donors (Lipinski definition) is 1. The van der Waals surface area contributed by atoms with Crippen LogP contribution in [0.1, 0.15) is 68.2 Å². The van der Waals surface area contributed by atoms with Crippen LogP contribution in [0.4, 0.5) is 8.78 Å². The highest BCUT2D eigenvalue weighted by Crippen LogP contribution is 2.44. The van der Waals surface area contributed by atoms with Crippen LogP contribution in [0.15, 0.2) is 54.6 Å². The summed E-state index contributed by atoms with van der Waals surface area (Å²) in [4.78, 5) is 0. The van der Waals surface area contributed by atoms with Gasteiger partial charge in [-0.25, -0.2) is 8.78 Å². The van der Waals surface area contributed by atoms with Gasteiger partial charge in [0.15, 0.2) is 11.6 Å². The molecule has 0 radical (unpaired) electrons. The van der Waals surface area contributed by atoms with Crippen molar-refractivity contribution in [2.24, 2.45) is 0 Å². The molecule has 3 aromatic rings. The monoisotopic (exact) mass is 480 g/mol. The maximum Gasteiger partial charge on any atom is 0.168 e. The van der Waals surface area contributed by atoms with Crippen molar-refractivity contribution in [3.63, 3.8) is 0 Å². The fraction of sp³-hybridized carbons (Fsp3) is 0.379. The van der Waals surface area contributed by atoms with Gasteiger partial charge in [-0.15, -0.1) is 0 Å². The highest BCUT2D eigenvalue weighted by molar-refractivity contribution is 5.48. The SMILES string of the molecule is CC(C)(O)CCOc1ccc(Oc2ccc(F)c3c2CCC3Oc2ccc(C3CC3)cc2)cc1F. The van der Waals surface area contributed by atoms with Gasteiger partial charge in [-0.1, -0.05) is 12.1 Å². The summed E-state index contributed by atoms with van der Waals surface area (Å²) in [6, 6.07) is 15.4. The van der Waals surface area contributed by atoms with E-state index < -0.39 is 17.5 Å². The van der Waals surface area contributed by atoms with Crippen LogP contribution in [0.2, 0.25) is 0 Å². The topological polar surface area (TPSA) is 47.9 Å². The molecular formula is C29H30F2O4. The lowest BCUT2D eigenvalue weighted by molar-refractivity contribution is 0.0547. The Labute approximate surface area is 204 Å². The summed E-state index contributed by atoms with van der Waals surface area (Å²) in [7, 11) is 0. The number of halogens is 2. The maximum absolute atomic E-state index is 14.8. The lowest BCUT2D eigenvalue weighted by atomic mass is 10.1. The molecule has 4 nitrogen and oxygen atoms in total. The van der Waals surface area contributed by atoms with Gasteiger partial charge in [0.1, 0.15) is 29.2 Å². The average molecular weight is 481 g/mol. The summed E-state index contributed by atoms with van der Waals surface area (Å²) in [6.45, 7) is 3.53. The fourth-order valence-electron chi connectivity index (χ4n) is 4.45. The van der Waals surface area contributed by atoms with E-state index in [-0.39, 0.29) is 18.2 Å². The molecule has 1 fully saturated rings. The molecule has 0 aliphatic heterocycles. The van der Waals surface area contributed by atoms with Crippen molar-refractivity contribution in [3.8, 4) is 23.0 Å². The smallest absolute Gasteiger partial charge is 0.168 e. The second-order valence-corrected chi connectivity index (χ2v) is 10.0. The van der Waals surface area contributed by atoms with Gasteiger partial charge in [0, 0.05) is 23.6 Å². The first-order valence-electron chi connectivity index (χ1n) is 12.2. The molecular weight excluding hydrogens is 450 g/mol. The molecule has 3 aromatic carbocycles.